The van der Waals surface area contributed by atoms with Gasteiger partial charge < -0.3 is 20.7 Å². The van der Waals surface area contributed by atoms with Crippen LogP contribution in [0.2, 0.25) is 0 Å². The van der Waals surface area contributed by atoms with E-state index in [0.29, 0.717) is 37.3 Å². The number of carbonyl (C=O) groups is 2. The van der Waals surface area contributed by atoms with Crippen molar-refractivity contribution in [3.05, 3.63) is 60.2 Å². The van der Waals surface area contributed by atoms with Crippen LogP contribution in [0.4, 0.5) is 11.4 Å². The number of nitrogens with two attached hydrogens (primary N) is 1. The Morgan fingerprint density at radius 2 is 1.79 bits per heavy atom. The Morgan fingerprint density at radius 3 is 2.43 bits per heavy atom. The van der Waals surface area contributed by atoms with Crippen molar-refractivity contribution in [2.24, 2.45) is 11.1 Å². The normalized spacial score (nSPS) is 15.2. The molecule has 3 N–H and O–H groups in total. The molecule has 0 unspecified atom stereocenters. The molecule has 2 amide bonds. The molecule has 7 heteroatoms. The average Bonchev–Trinajstić information content (AvgIpc) is 2.74. The Balaban J connectivity index is 0.00000280. The van der Waals surface area contributed by atoms with E-state index in [4.69, 9.17) is 10.5 Å². The van der Waals surface area contributed by atoms with Gasteiger partial charge in [0.05, 0.1) is 5.41 Å². The van der Waals surface area contributed by atoms with Crippen LogP contribution in [0.5, 0.6) is 0 Å². The summed E-state index contributed by atoms with van der Waals surface area (Å²) < 4.78 is 5.36. The van der Waals surface area contributed by atoms with Gasteiger partial charge in [0.1, 0.15) is 0 Å². The third kappa shape index (κ3) is 4.70. The number of rotatable bonds is 5. The number of para-hydroxylation sites is 1. The minimum Gasteiger partial charge on any atom is -0.381 e. The second-order valence-corrected chi connectivity index (χ2v) is 6.83. The molecule has 0 saturated carbocycles. The maximum absolute atomic E-state index is 12.8. The second-order valence-electron chi connectivity index (χ2n) is 6.83. The zero-order valence-electron chi connectivity index (χ0n) is 15.9. The topological polar surface area (TPSA) is 84.7 Å². The number of ether oxygens (including phenoxy) is 1. The Bertz CT molecular complexity index is 808. The van der Waals surface area contributed by atoms with E-state index in [0.717, 1.165) is 5.69 Å². The van der Waals surface area contributed by atoms with Gasteiger partial charge in [0, 0.05) is 43.7 Å². The molecule has 0 aromatic heterocycles. The fourth-order valence-electron chi connectivity index (χ4n) is 3.24. The number of halogens is 1. The molecule has 2 aromatic rings. The number of hydrogen-bond acceptors (Lipinski definition) is 4. The molecule has 28 heavy (non-hydrogen) atoms. The fourth-order valence-corrected chi connectivity index (χ4v) is 3.24. The van der Waals surface area contributed by atoms with Crippen molar-refractivity contribution in [2.45, 2.75) is 12.8 Å². The summed E-state index contributed by atoms with van der Waals surface area (Å²) in [6, 6.07) is 16.4. The molecule has 1 fully saturated rings. The van der Waals surface area contributed by atoms with Gasteiger partial charge in [-0.05, 0) is 43.2 Å². The number of hydrogen-bond donors (Lipinski definition) is 2. The first kappa shape index (κ1) is 21.9. The molecule has 1 aliphatic rings. The molecular formula is C21H26ClN3O3. The molecule has 1 heterocycles. The smallest absolute Gasteiger partial charge is 0.258 e. The summed E-state index contributed by atoms with van der Waals surface area (Å²) in [7, 11) is 1.73. The first-order valence-electron chi connectivity index (χ1n) is 9.08. The van der Waals surface area contributed by atoms with Gasteiger partial charge in [-0.25, -0.2) is 0 Å². The largest absolute Gasteiger partial charge is 0.381 e. The lowest BCUT2D eigenvalue weighted by Gasteiger charge is -2.34. The molecule has 0 aliphatic carbocycles. The number of benzene rings is 2. The minimum absolute atomic E-state index is 0. The van der Waals surface area contributed by atoms with E-state index in [1.807, 2.05) is 30.3 Å². The van der Waals surface area contributed by atoms with Gasteiger partial charge in [0.15, 0.2) is 0 Å². The summed E-state index contributed by atoms with van der Waals surface area (Å²) in [6.45, 7) is 1.34. The van der Waals surface area contributed by atoms with Crippen molar-refractivity contribution < 1.29 is 14.3 Å². The molecule has 6 nitrogen and oxygen atoms in total. The third-order valence-electron chi connectivity index (χ3n) is 5.14. The van der Waals surface area contributed by atoms with Crippen LogP contribution in [0.3, 0.4) is 0 Å². The highest BCUT2D eigenvalue weighted by atomic mass is 35.5. The molecule has 1 aliphatic heterocycles. The number of nitrogens with one attached hydrogen (secondary N) is 1. The standard InChI is InChI=1S/C21H25N3O3.ClH/c1-24(18-8-3-2-4-9-18)19(25)16-6-5-7-17(14-16)23-20(26)21(15-22)10-12-27-13-11-21;/h2-9,14H,10-13,15,22H2,1H3,(H,23,26);1H. The maximum Gasteiger partial charge on any atom is 0.258 e. The van der Waals surface area contributed by atoms with Crippen molar-refractivity contribution in [3.8, 4) is 0 Å². The average molecular weight is 404 g/mol. The van der Waals surface area contributed by atoms with Crippen LogP contribution in [-0.4, -0.2) is 38.6 Å². The van der Waals surface area contributed by atoms with Crippen LogP contribution < -0.4 is 16.0 Å². The Morgan fingerprint density at radius 1 is 1.11 bits per heavy atom. The lowest BCUT2D eigenvalue weighted by atomic mass is 9.79. The summed E-state index contributed by atoms with van der Waals surface area (Å²) in [5.41, 5.74) is 7.19. The van der Waals surface area contributed by atoms with Crippen LogP contribution in [0, 0.1) is 5.41 Å². The van der Waals surface area contributed by atoms with E-state index in [1.165, 1.54) is 0 Å². The summed E-state index contributed by atoms with van der Waals surface area (Å²) >= 11 is 0. The minimum atomic E-state index is -0.612. The number of anilines is 2. The maximum atomic E-state index is 12.8. The first-order valence-corrected chi connectivity index (χ1v) is 9.08. The van der Waals surface area contributed by atoms with E-state index in [9.17, 15) is 9.59 Å². The van der Waals surface area contributed by atoms with Crippen LogP contribution in [0.15, 0.2) is 54.6 Å². The van der Waals surface area contributed by atoms with Crippen LogP contribution >= 0.6 is 12.4 Å². The third-order valence-corrected chi connectivity index (χ3v) is 5.14. The molecule has 2 aromatic carbocycles. The van der Waals surface area contributed by atoms with Crippen molar-refractivity contribution in [1.29, 1.82) is 0 Å². The summed E-state index contributed by atoms with van der Waals surface area (Å²) in [5.74, 6) is -0.258. The highest BCUT2D eigenvalue weighted by Crippen LogP contribution is 2.31. The van der Waals surface area contributed by atoms with Crippen LogP contribution in [-0.2, 0) is 9.53 Å². The van der Waals surface area contributed by atoms with Gasteiger partial charge in [-0.1, -0.05) is 24.3 Å². The molecule has 3 rings (SSSR count). The van der Waals surface area contributed by atoms with E-state index in [1.54, 1.807) is 36.2 Å². The van der Waals surface area contributed by atoms with E-state index >= 15 is 0 Å². The quantitative estimate of drug-likeness (QED) is 0.803. The summed E-state index contributed by atoms with van der Waals surface area (Å²) in [4.78, 5) is 27.2. The highest BCUT2D eigenvalue weighted by Gasteiger charge is 2.38. The number of amides is 2. The van der Waals surface area contributed by atoms with E-state index in [-0.39, 0.29) is 30.8 Å². The lowest BCUT2D eigenvalue weighted by Crippen LogP contribution is -2.46. The second kappa shape index (κ2) is 9.68. The van der Waals surface area contributed by atoms with Gasteiger partial charge in [-0.2, -0.15) is 0 Å². The van der Waals surface area contributed by atoms with Crippen LogP contribution in [0.1, 0.15) is 23.2 Å². The zero-order valence-corrected chi connectivity index (χ0v) is 16.7. The molecule has 0 spiro atoms. The summed E-state index contributed by atoms with van der Waals surface area (Å²) in [6.07, 6.45) is 1.20. The molecule has 150 valence electrons. The predicted octanol–water partition coefficient (Wildman–Crippen LogP) is 3.08. The fraction of sp³-hybridized carbons (Fsp3) is 0.333. The lowest BCUT2D eigenvalue weighted by molar-refractivity contribution is -0.130. The zero-order chi connectivity index (χ0) is 19.3. The van der Waals surface area contributed by atoms with Crippen molar-refractivity contribution in [2.75, 3.05) is 37.0 Å². The molecular weight excluding hydrogens is 378 g/mol. The van der Waals surface area contributed by atoms with Gasteiger partial charge in [0.25, 0.3) is 5.91 Å². The van der Waals surface area contributed by atoms with E-state index in [2.05, 4.69) is 5.32 Å². The van der Waals surface area contributed by atoms with Crippen molar-refractivity contribution >= 4 is 35.6 Å². The van der Waals surface area contributed by atoms with Gasteiger partial charge >= 0.3 is 0 Å². The first-order chi connectivity index (χ1) is 13.1. The SMILES string of the molecule is CN(C(=O)c1cccc(NC(=O)C2(CN)CCOCC2)c1)c1ccccc1.Cl. The van der Waals surface area contributed by atoms with Crippen molar-refractivity contribution in [1.82, 2.24) is 0 Å². The predicted molar refractivity (Wildman–Crippen MR) is 113 cm³/mol. The van der Waals surface area contributed by atoms with Crippen LogP contribution in [0.25, 0.3) is 0 Å². The molecule has 0 bridgehead atoms. The number of nitrogens with zero attached hydrogens (tertiary/aromatic N) is 1. The van der Waals surface area contributed by atoms with Crippen molar-refractivity contribution in [3.63, 3.8) is 0 Å². The van der Waals surface area contributed by atoms with E-state index < -0.39 is 5.41 Å². The summed E-state index contributed by atoms with van der Waals surface area (Å²) in [5, 5.41) is 2.93. The van der Waals surface area contributed by atoms with Gasteiger partial charge in [0.2, 0.25) is 5.91 Å². The molecule has 0 atom stereocenters. The van der Waals surface area contributed by atoms with Gasteiger partial charge in [-0.3, -0.25) is 9.59 Å². The van der Waals surface area contributed by atoms with Gasteiger partial charge in [-0.15, -0.1) is 12.4 Å². The Hall–Kier alpha value is -2.41. The highest BCUT2D eigenvalue weighted by molar-refractivity contribution is 6.06. The monoisotopic (exact) mass is 403 g/mol. The Kier molecular flexibility index (Phi) is 7.57. The molecule has 1 saturated heterocycles. The number of carbonyl (C=O) groups excluding carboxylic acids is 2. The molecule has 0 radical (unpaired) electrons. The Labute approximate surface area is 171 Å².